The molecule has 0 fully saturated rings. The van der Waals surface area contributed by atoms with Gasteiger partial charge in [-0.25, -0.2) is 4.98 Å². The lowest BCUT2D eigenvalue weighted by molar-refractivity contribution is -0.115. The molecule has 3 aromatic carbocycles. The molecule has 0 radical (unpaired) electrons. The Balaban J connectivity index is 1.40. The van der Waals surface area contributed by atoms with Crippen LogP contribution in [0.5, 0.6) is 17.2 Å². The number of thioether (sulfide) groups is 1. The number of carbonyl (C=O) groups excluding carboxylic acids is 2. The van der Waals surface area contributed by atoms with Gasteiger partial charge in [0, 0.05) is 27.1 Å². The summed E-state index contributed by atoms with van der Waals surface area (Å²) in [6, 6.07) is 20.0. The topological polar surface area (TPSA) is 98.8 Å². The zero-order valence-electron chi connectivity index (χ0n) is 22.0. The van der Waals surface area contributed by atoms with Crippen LogP contribution in [0.4, 0.5) is 10.8 Å². The summed E-state index contributed by atoms with van der Waals surface area (Å²) in [5, 5.41) is 7.95. The second kappa shape index (κ2) is 13.2. The van der Waals surface area contributed by atoms with E-state index in [9.17, 15) is 9.59 Å². The van der Waals surface area contributed by atoms with Gasteiger partial charge in [0.2, 0.25) is 5.91 Å². The molecule has 2 N–H and O–H groups in total. The van der Waals surface area contributed by atoms with Gasteiger partial charge in [0.15, 0.2) is 16.6 Å². The molecule has 1 atom stereocenters. The highest BCUT2D eigenvalue weighted by molar-refractivity contribution is 8.00. The quantitative estimate of drug-likeness (QED) is 0.198. The molecule has 1 aromatic heterocycles. The third-order valence-corrected chi connectivity index (χ3v) is 7.89. The highest BCUT2D eigenvalue weighted by Crippen LogP contribution is 2.32. The number of hydrogen-bond acceptors (Lipinski definition) is 8. The van der Waals surface area contributed by atoms with E-state index in [1.165, 1.54) is 30.2 Å². The van der Waals surface area contributed by atoms with E-state index in [-0.39, 0.29) is 17.1 Å². The van der Waals surface area contributed by atoms with E-state index in [1.807, 2.05) is 54.8 Å². The van der Waals surface area contributed by atoms with E-state index >= 15 is 0 Å². The fourth-order valence-corrected chi connectivity index (χ4v) is 5.48. The van der Waals surface area contributed by atoms with E-state index in [4.69, 9.17) is 14.2 Å². The van der Waals surface area contributed by atoms with Gasteiger partial charge in [-0.05, 0) is 55.0 Å². The molecule has 0 saturated carbocycles. The molecular formula is C29H29N3O5S2. The molecule has 0 aliphatic heterocycles. The minimum Gasteiger partial charge on any atom is -0.497 e. The average molecular weight is 564 g/mol. The lowest BCUT2D eigenvalue weighted by Gasteiger charge is -2.14. The first-order chi connectivity index (χ1) is 18.9. The molecule has 4 rings (SSSR count). The number of anilines is 2. The second-order valence-electron chi connectivity index (χ2n) is 8.33. The molecule has 0 aliphatic rings. The van der Waals surface area contributed by atoms with Crippen molar-refractivity contribution in [3.8, 4) is 28.5 Å². The van der Waals surface area contributed by atoms with Crippen molar-refractivity contribution < 1.29 is 23.8 Å². The molecule has 1 unspecified atom stereocenters. The largest absolute Gasteiger partial charge is 0.497 e. The second-order valence-corrected chi connectivity index (χ2v) is 10.5. The smallest absolute Gasteiger partial charge is 0.255 e. The Hall–Kier alpha value is -4.02. The number of ether oxygens (including phenoxy) is 3. The molecule has 39 heavy (non-hydrogen) atoms. The maximum atomic E-state index is 13.1. The summed E-state index contributed by atoms with van der Waals surface area (Å²) in [4.78, 5) is 31.3. The van der Waals surface area contributed by atoms with Crippen molar-refractivity contribution in [1.82, 2.24) is 4.98 Å². The van der Waals surface area contributed by atoms with Crippen LogP contribution in [0.1, 0.15) is 23.7 Å². The van der Waals surface area contributed by atoms with Crippen molar-refractivity contribution in [1.29, 1.82) is 0 Å². The number of rotatable bonds is 11. The van der Waals surface area contributed by atoms with Gasteiger partial charge in [-0.2, -0.15) is 0 Å². The lowest BCUT2D eigenvalue weighted by Crippen LogP contribution is -2.24. The minimum absolute atomic E-state index is 0.131. The van der Waals surface area contributed by atoms with Gasteiger partial charge >= 0.3 is 0 Å². The maximum Gasteiger partial charge on any atom is 0.255 e. The van der Waals surface area contributed by atoms with Gasteiger partial charge in [0.05, 0.1) is 32.3 Å². The van der Waals surface area contributed by atoms with Crippen LogP contribution in [0.25, 0.3) is 11.3 Å². The number of benzene rings is 3. The fraction of sp³-hybridized carbons (Fsp3) is 0.207. The number of hydrogen-bond donors (Lipinski definition) is 2. The van der Waals surface area contributed by atoms with Crippen LogP contribution in [0.2, 0.25) is 0 Å². The Bertz CT molecular complexity index is 1460. The Morgan fingerprint density at radius 3 is 2.46 bits per heavy atom. The van der Waals surface area contributed by atoms with E-state index in [2.05, 4.69) is 15.6 Å². The third-order valence-electron chi connectivity index (χ3n) is 5.78. The molecule has 0 saturated heterocycles. The molecule has 0 spiro atoms. The summed E-state index contributed by atoms with van der Waals surface area (Å²) in [5.41, 5.74) is 2.75. The Morgan fingerprint density at radius 2 is 1.72 bits per heavy atom. The summed E-state index contributed by atoms with van der Waals surface area (Å²) >= 11 is 2.81. The highest BCUT2D eigenvalue weighted by Gasteiger charge is 2.20. The van der Waals surface area contributed by atoms with Crippen LogP contribution in [-0.4, -0.2) is 43.4 Å². The molecule has 2 amide bonds. The molecule has 0 aliphatic carbocycles. The van der Waals surface area contributed by atoms with Gasteiger partial charge in [0.1, 0.15) is 5.75 Å². The first-order valence-corrected chi connectivity index (χ1v) is 13.9. The van der Waals surface area contributed by atoms with Crippen LogP contribution >= 0.6 is 23.1 Å². The zero-order chi connectivity index (χ0) is 27.8. The molecule has 202 valence electrons. The number of nitrogens with zero attached hydrogens (tertiary/aromatic N) is 1. The van der Waals surface area contributed by atoms with Crippen LogP contribution in [0.15, 0.2) is 77.0 Å². The molecule has 10 heteroatoms. The summed E-state index contributed by atoms with van der Waals surface area (Å²) in [7, 11) is 4.69. The van der Waals surface area contributed by atoms with E-state index in [0.29, 0.717) is 34.3 Å². The van der Waals surface area contributed by atoms with Crippen molar-refractivity contribution in [3.05, 3.63) is 77.7 Å². The van der Waals surface area contributed by atoms with Crippen LogP contribution in [0, 0.1) is 0 Å². The standard InChI is InChI=1S/C29H29N3O5S2/c1-5-26(28(34)32-29-31-23(17-38-29)18-8-6-10-21(14-18)35-2)39-22-11-7-9-20(16-22)30-27(33)19-12-13-24(36-3)25(15-19)37-4/h6-17,26H,5H2,1-4H3,(H,30,33)(H,31,32,34). The van der Waals surface area contributed by atoms with Crippen molar-refractivity contribution in [2.24, 2.45) is 0 Å². The summed E-state index contributed by atoms with van der Waals surface area (Å²) in [6.07, 6.45) is 0.618. The minimum atomic E-state index is -0.342. The number of aromatic nitrogens is 1. The van der Waals surface area contributed by atoms with Gasteiger partial charge < -0.3 is 24.8 Å². The van der Waals surface area contributed by atoms with Crippen LogP contribution in [0.3, 0.4) is 0 Å². The predicted octanol–water partition coefficient (Wildman–Crippen LogP) is 6.60. The summed E-state index contributed by atoms with van der Waals surface area (Å²) in [6.45, 7) is 1.96. The monoisotopic (exact) mass is 563 g/mol. The first kappa shape index (κ1) is 28.0. The van der Waals surface area contributed by atoms with Gasteiger partial charge in [-0.15, -0.1) is 23.1 Å². The Labute approximate surface area is 235 Å². The average Bonchev–Trinajstić information content (AvgIpc) is 3.44. The SMILES string of the molecule is CCC(Sc1cccc(NC(=O)c2ccc(OC)c(OC)c2)c1)C(=O)Nc1nc(-c2cccc(OC)c2)cs1. The molecule has 1 heterocycles. The van der Waals surface area contributed by atoms with Gasteiger partial charge in [0.25, 0.3) is 5.91 Å². The summed E-state index contributed by atoms with van der Waals surface area (Å²) < 4.78 is 15.8. The highest BCUT2D eigenvalue weighted by atomic mass is 32.2. The fourth-order valence-electron chi connectivity index (χ4n) is 3.75. The van der Waals surface area contributed by atoms with E-state index in [1.54, 1.807) is 38.5 Å². The number of thiazole rings is 1. The molecule has 8 nitrogen and oxygen atoms in total. The van der Waals surface area contributed by atoms with Crippen LogP contribution < -0.4 is 24.8 Å². The number of carbonyl (C=O) groups is 2. The molecule has 4 aromatic rings. The van der Waals surface area contributed by atoms with Crippen molar-refractivity contribution >= 4 is 45.7 Å². The third kappa shape index (κ3) is 7.10. The Kier molecular flexibility index (Phi) is 9.45. The first-order valence-electron chi connectivity index (χ1n) is 12.1. The number of methoxy groups -OCH3 is 3. The lowest BCUT2D eigenvalue weighted by atomic mass is 10.2. The van der Waals surface area contributed by atoms with E-state index in [0.717, 1.165) is 21.9 Å². The number of amides is 2. The van der Waals surface area contributed by atoms with Crippen molar-refractivity contribution in [3.63, 3.8) is 0 Å². The number of nitrogens with one attached hydrogen (secondary N) is 2. The van der Waals surface area contributed by atoms with Crippen LogP contribution in [-0.2, 0) is 4.79 Å². The van der Waals surface area contributed by atoms with Crippen molar-refractivity contribution in [2.45, 2.75) is 23.5 Å². The predicted molar refractivity (Wildman–Crippen MR) is 157 cm³/mol. The van der Waals surface area contributed by atoms with Gasteiger partial charge in [-0.1, -0.05) is 25.1 Å². The molecular weight excluding hydrogens is 534 g/mol. The van der Waals surface area contributed by atoms with Gasteiger partial charge in [-0.3, -0.25) is 9.59 Å². The maximum absolute atomic E-state index is 13.1. The molecule has 0 bridgehead atoms. The van der Waals surface area contributed by atoms with E-state index < -0.39 is 0 Å². The summed E-state index contributed by atoms with van der Waals surface area (Å²) in [5.74, 6) is 1.36. The van der Waals surface area contributed by atoms with Crippen molar-refractivity contribution in [2.75, 3.05) is 32.0 Å². The Morgan fingerprint density at radius 1 is 0.923 bits per heavy atom. The normalized spacial score (nSPS) is 11.4. The zero-order valence-corrected chi connectivity index (χ0v) is 23.7.